The van der Waals surface area contributed by atoms with E-state index in [1.807, 2.05) is 6.07 Å². The fourth-order valence-electron chi connectivity index (χ4n) is 1.80. The quantitative estimate of drug-likeness (QED) is 0.667. The fourth-order valence-corrected chi connectivity index (χ4v) is 1.80. The van der Waals surface area contributed by atoms with E-state index in [0.717, 1.165) is 0 Å². The van der Waals surface area contributed by atoms with Crippen LogP contribution < -0.4 is 10.6 Å². The van der Waals surface area contributed by atoms with E-state index in [1.54, 1.807) is 31.3 Å². The number of benzene rings is 1. The lowest BCUT2D eigenvalue weighted by molar-refractivity contribution is -0.383. The van der Waals surface area contributed by atoms with Gasteiger partial charge in [0.2, 0.25) is 0 Å². The van der Waals surface area contributed by atoms with Crippen LogP contribution in [0.1, 0.15) is 18.7 Å². The molecule has 1 unspecified atom stereocenters. The normalized spacial score (nSPS) is 11.5. The lowest BCUT2D eigenvalue weighted by atomic mass is 10.2. The first-order valence-corrected chi connectivity index (χ1v) is 6.30. The topological polar surface area (TPSA) is 97.2 Å². The van der Waals surface area contributed by atoms with Crippen molar-refractivity contribution >= 4 is 17.4 Å². The molecule has 108 valence electrons. The first-order chi connectivity index (χ1) is 10.1. The van der Waals surface area contributed by atoms with Crippen molar-refractivity contribution in [2.45, 2.75) is 13.0 Å². The Kier molecular flexibility index (Phi) is 4.45. The molecule has 0 aliphatic heterocycles. The van der Waals surface area contributed by atoms with E-state index in [2.05, 4.69) is 15.6 Å². The van der Waals surface area contributed by atoms with Crippen molar-refractivity contribution in [2.24, 2.45) is 0 Å². The van der Waals surface area contributed by atoms with Gasteiger partial charge in [0.1, 0.15) is 5.69 Å². The zero-order chi connectivity index (χ0) is 15.2. The average molecular weight is 286 g/mol. The molecule has 0 saturated heterocycles. The maximum Gasteiger partial charge on any atom is 0.319 e. The minimum Gasteiger partial charge on any atom is -0.330 e. The van der Waals surface area contributed by atoms with E-state index in [-0.39, 0.29) is 17.4 Å². The number of nitrogens with one attached hydrogen (secondary N) is 2. The Hall–Kier alpha value is -2.96. The van der Waals surface area contributed by atoms with E-state index in [4.69, 9.17) is 0 Å². The van der Waals surface area contributed by atoms with E-state index in [1.165, 1.54) is 18.2 Å². The van der Waals surface area contributed by atoms with Crippen LogP contribution in [0.15, 0.2) is 48.7 Å². The molecule has 0 aliphatic rings. The van der Waals surface area contributed by atoms with Crippen LogP contribution in [0, 0.1) is 10.1 Å². The van der Waals surface area contributed by atoms with Gasteiger partial charge in [-0.3, -0.25) is 15.1 Å². The number of amides is 2. The Balaban J connectivity index is 2.04. The summed E-state index contributed by atoms with van der Waals surface area (Å²) in [5.74, 6) is 0. The van der Waals surface area contributed by atoms with E-state index in [0.29, 0.717) is 5.69 Å². The molecule has 2 rings (SSSR count). The van der Waals surface area contributed by atoms with Gasteiger partial charge < -0.3 is 10.6 Å². The largest absolute Gasteiger partial charge is 0.330 e. The predicted molar refractivity (Wildman–Crippen MR) is 77.9 cm³/mol. The van der Waals surface area contributed by atoms with Crippen LogP contribution in [0.5, 0.6) is 0 Å². The number of hydrogen-bond donors (Lipinski definition) is 2. The molecule has 0 radical (unpaired) electrons. The van der Waals surface area contributed by atoms with Crippen LogP contribution in [0.4, 0.5) is 16.2 Å². The third-order valence-corrected chi connectivity index (χ3v) is 2.83. The monoisotopic (exact) mass is 286 g/mol. The Morgan fingerprint density at radius 3 is 2.62 bits per heavy atom. The number of anilines is 1. The highest BCUT2D eigenvalue weighted by atomic mass is 16.6. The van der Waals surface area contributed by atoms with Gasteiger partial charge in [-0.05, 0) is 25.1 Å². The highest BCUT2D eigenvalue weighted by Gasteiger charge is 2.16. The number of nitro benzene ring substituents is 1. The van der Waals surface area contributed by atoms with Gasteiger partial charge in [-0.25, -0.2) is 4.79 Å². The molecule has 2 N–H and O–H groups in total. The van der Waals surface area contributed by atoms with Crippen molar-refractivity contribution in [3.63, 3.8) is 0 Å². The molecule has 1 aromatic heterocycles. The molecule has 0 saturated carbocycles. The molecule has 1 heterocycles. The zero-order valence-corrected chi connectivity index (χ0v) is 11.3. The second-order valence-corrected chi connectivity index (χ2v) is 4.35. The van der Waals surface area contributed by atoms with Gasteiger partial charge in [0.15, 0.2) is 0 Å². The van der Waals surface area contributed by atoms with Crippen LogP contribution in [0.25, 0.3) is 0 Å². The minimum absolute atomic E-state index is 0.147. The second-order valence-electron chi connectivity index (χ2n) is 4.35. The number of hydrogen-bond acceptors (Lipinski definition) is 4. The van der Waals surface area contributed by atoms with Crippen molar-refractivity contribution < 1.29 is 9.72 Å². The number of para-hydroxylation sites is 2. The van der Waals surface area contributed by atoms with Gasteiger partial charge in [0.05, 0.1) is 16.7 Å². The summed E-state index contributed by atoms with van der Waals surface area (Å²) in [4.78, 5) is 26.4. The average Bonchev–Trinajstić information content (AvgIpc) is 2.48. The SMILES string of the molecule is CC(NC(=O)Nc1ccccc1[N+](=O)[O-])c1ccccn1. The number of pyridine rings is 1. The fraction of sp³-hybridized carbons (Fsp3) is 0.143. The Bertz CT molecular complexity index is 646. The molecule has 1 aromatic carbocycles. The number of nitrogens with zero attached hydrogens (tertiary/aromatic N) is 2. The van der Waals surface area contributed by atoms with Crippen LogP contribution in [0.2, 0.25) is 0 Å². The number of aromatic nitrogens is 1. The lowest BCUT2D eigenvalue weighted by Crippen LogP contribution is -2.31. The first-order valence-electron chi connectivity index (χ1n) is 6.30. The van der Waals surface area contributed by atoms with Crippen molar-refractivity contribution in [3.8, 4) is 0 Å². The summed E-state index contributed by atoms with van der Waals surface area (Å²) in [5.41, 5.74) is 0.696. The van der Waals surface area contributed by atoms with Crippen LogP contribution in [0.3, 0.4) is 0 Å². The number of nitro groups is 1. The molecule has 1 atom stereocenters. The highest BCUT2D eigenvalue weighted by Crippen LogP contribution is 2.23. The van der Waals surface area contributed by atoms with E-state index in [9.17, 15) is 14.9 Å². The molecule has 0 fully saturated rings. The standard InChI is InChI=1S/C14H14N4O3/c1-10(11-6-4-5-9-15-11)16-14(19)17-12-7-2-3-8-13(12)18(20)21/h2-10H,1H3,(H2,16,17,19). The summed E-state index contributed by atoms with van der Waals surface area (Å²) < 4.78 is 0. The zero-order valence-electron chi connectivity index (χ0n) is 11.3. The van der Waals surface area contributed by atoms with Gasteiger partial charge in [-0.2, -0.15) is 0 Å². The number of rotatable bonds is 4. The summed E-state index contributed by atoms with van der Waals surface area (Å²) in [5, 5.41) is 16.0. The number of carbonyl (C=O) groups excluding carboxylic acids is 1. The molecule has 7 heteroatoms. The molecule has 2 aromatic rings. The summed E-state index contributed by atoms with van der Waals surface area (Å²) in [6.45, 7) is 1.78. The Morgan fingerprint density at radius 1 is 1.24 bits per heavy atom. The van der Waals surface area contributed by atoms with Crippen LogP contribution >= 0.6 is 0 Å². The maximum atomic E-state index is 11.9. The van der Waals surface area contributed by atoms with Gasteiger partial charge in [0, 0.05) is 12.3 Å². The van der Waals surface area contributed by atoms with Gasteiger partial charge in [-0.1, -0.05) is 18.2 Å². The predicted octanol–water partition coefficient (Wildman–Crippen LogP) is 2.87. The molecular formula is C14H14N4O3. The Morgan fingerprint density at radius 2 is 1.95 bits per heavy atom. The van der Waals surface area contributed by atoms with Gasteiger partial charge in [0.25, 0.3) is 5.69 Å². The van der Waals surface area contributed by atoms with Crippen molar-refractivity contribution in [1.82, 2.24) is 10.3 Å². The summed E-state index contributed by atoms with van der Waals surface area (Å²) in [6.07, 6.45) is 1.63. The Labute approximate surface area is 121 Å². The molecule has 0 bridgehead atoms. The molecule has 21 heavy (non-hydrogen) atoms. The number of urea groups is 1. The van der Waals surface area contributed by atoms with Crippen molar-refractivity contribution in [2.75, 3.05) is 5.32 Å². The molecule has 2 amide bonds. The molecule has 0 aliphatic carbocycles. The van der Waals surface area contributed by atoms with Gasteiger partial charge in [-0.15, -0.1) is 0 Å². The third-order valence-electron chi connectivity index (χ3n) is 2.83. The van der Waals surface area contributed by atoms with Crippen LogP contribution in [-0.2, 0) is 0 Å². The summed E-state index contributed by atoms with van der Waals surface area (Å²) in [7, 11) is 0. The minimum atomic E-state index is -0.544. The van der Waals surface area contributed by atoms with Crippen molar-refractivity contribution in [1.29, 1.82) is 0 Å². The lowest BCUT2D eigenvalue weighted by Gasteiger charge is -2.14. The highest BCUT2D eigenvalue weighted by molar-refractivity contribution is 5.91. The maximum absolute atomic E-state index is 11.9. The summed E-state index contributed by atoms with van der Waals surface area (Å²) >= 11 is 0. The molecular weight excluding hydrogens is 272 g/mol. The molecule has 7 nitrogen and oxygen atoms in total. The first kappa shape index (κ1) is 14.4. The van der Waals surface area contributed by atoms with E-state index >= 15 is 0 Å². The van der Waals surface area contributed by atoms with Crippen molar-refractivity contribution in [3.05, 3.63) is 64.5 Å². The van der Waals surface area contributed by atoms with E-state index < -0.39 is 11.0 Å². The van der Waals surface area contributed by atoms with Crippen LogP contribution in [-0.4, -0.2) is 15.9 Å². The number of carbonyl (C=O) groups is 1. The molecule has 0 spiro atoms. The smallest absolute Gasteiger partial charge is 0.319 e. The second kappa shape index (κ2) is 6.47. The summed E-state index contributed by atoms with van der Waals surface area (Å²) in [6, 6.07) is 10.5. The van der Waals surface area contributed by atoms with Gasteiger partial charge >= 0.3 is 6.03 Å². The third kappa shape index (κ3) is 3.75.